The van der Waals surface area contributed by atoms with Crippen molar-refractivity contribution in [3.8, 4) is 0 Å². The van der Waals surface area contributed by atoms with Crippen LogP contribution >= 0.6 is 28.6 Å². The molecule has 1 saturated carbocycles. The zero-order valence-electron chi connectivity index (χ0n) is 10.3. The molecule has 1 fully saturated rings. The van der Waals surface area contributed by atoms with E-state index < -0.39 is 0 Å². The second-order valence-electron chi connectivity index (χ2n) is 5.26. The third kappa shape index (κ3) is 2.44. The molecule has 0 spiro atoms. The first-order chi connectivity index (χ1) is 8.32. The molecule has 1 aliphatic rings. The zero-order valence-corrected chi connectivity index (χ0v) is 12.8. The molecule has 0 heterocycles. The minimum atomic E-state index is -0.344. The molecule has 0 aliphatic heterocycles. The highest BCUT2D eigenvalue weighted by Gasteiger charge is 2.48. The van der Waals surface area contributed by atoms with E-state index in [2.05, 4.69) is 33.9 Å². The Labute approximate surface area is 121 Å². The molecule has 1 aromatic rings. The van der Waals surface area contributed by atoms with Gasteiger partial charge >= 0.3 is 0 Å². The third-order valence-corrected chi connectivity index (χ3v) is 4.59. The van der Waals surface area contributed by atoms with Gasteiger partial charge in [-0.25, -0.2) is 0 Å². The lowest BCUT2D eigenvalue weighted by Crippen LogP contribution is -2.61. The molecular weight excluding hydrogens is 314 g/mol. The number of nitrogens with one attached hydrogen (secondary N) is 1. The Morgan fingerprint density at radius 3 is 2.72 bits per heavy atom. The van der Waals surface area contributed by atoms with Gasteiger partial charge in [0, 0.05) is 20.8 Å². The van der Waals surface area contributed by atoms with Crippen molar-refractivity contribution in [2.24, 2.45) is 5.41 Å². The van der Waals surface area contributed by atoms with Crippen molar-refractivity contribution in [1.29, 1.82) is 0 Å². The number of aliphatic hydroxyl groups excluding tert-OH is 1. The number of halogens is 1. The van der Waals surface area contributed by atoms with Crippen molar-refractivity contribution in [2.75, 3.05) is 0 Å². The van der Waals surface area contributed by atoms with Crippen molar-refractivity contribution in [1.82, 2.24) is 5.32 Å². The smallest absolute Gasteiger partial charge is 0.252 e. The second kappa shape index (κ2) is 4.87. The average Bonchev–Trinajstić information content (AvgIpc) is 2.28. The molecule has 1 aromatic carbocycles. The second-order valence-corrected chi connectivity index (χ2v) is 6.66. The predicted octanol–water partition coefficient (Wildman–Crippen LogP) is 2.63. The lowest BCUT2D eigenvalue weighted by atomic mass is 9.64. The summed E-state index contributed by atoms with van der Waals surface area (Å²) >= 11 is 7.63. The molecule has 1 aliphatic carbocycles. The first-order valence-electron chi connectivity index (χ1n) is 5.80. The lowest BCUT2D eigenvalue weighted by molar-refractivity contribution is -0.0689. The molecule has 1 amide bonds. The van der Waals surface area contributed by atoms with Gasteiger partial charge in [0.1, 0.15) is 0 Å². The summed E-state index contributed by atoms with van der Waals surface area (Å²) in [5.74, 6) is -0.141. The van der Waals surface area contributed by atoms with Crippen LogP contribution in [0.15, 0.2) is 27.6 Å². The number of aliphatic hydroxyl groups is 1. The number of carbonyl (C=O) groups is 1. The van der Waals surface area contributed by atoms with Gasteiger partial charge in [0.25, 0.3) is 5.91 Å². The van der Waals surface area contributed by atoms with Gasteiger partial charge in [-0.1, -0.05) is 29.8 Å². The maximum atomic E-state index is 12.1. The minimum Gasteiger partial charge on any atom is -0.392 e. The molecule has 2 atom stereocenters. The van der Waals surface area contributed by atoms with Gasteiger partial charge in [-0.3, -0.25) is 4.79 Å². The molecule has 0 aromatic heterocycles. The summed E-state index contributed by atoms with van der Waals surface area (Å²) in [7, 11) is 0. The fourth-order valence-corrected chi connectivity index (χ4v) is 2.93. The normalized spacial score (nSPS) is 25.4. The van der Waals surface area contributed by atoms with Gasteiger partial charge in [0.05, 0.1) is 11.7 Å². The summed E-state index contributed by atoms with van der Waals surface area (Å²) in [5, 5.41) is 12.6. The summed E-state index contributed by atoms with van der Waals surface area (Å²) in [6.45, 7) is 3.91. The summed E-state index contributed by atoms with van der Waals surface area (Å²) in [4.78, 5) is 12.8. The van der Waals surface area contributed by atoms with E-state index in [1.54, 1.807) is 12.1 Å². The van der Waals surface area contributed by atoms with E-state index in [1.807, 2.05) is 19.9 Å². The molecule has 0 saturated heterocycles. The van der Waals surface area contributed by atoms with Gasteiger partial charge in [0.15, 0.2) is 0 Å². The Balaban J connectivity index is 2.09. The van der Waals surface area contributed by atoms with Crippen LogP contribution in [0.5, 0.6) is 0 Å². The Kier molecular flexibility index (Phi) is 3.76. The van der Waals surface area contributed by atoms with Crippen molar-refractivity contribution in [3.05, 3.63) is 28.2 Å². The van der Waals surface area contributed by atoms with E-state index >= 15 is 0 Å². The van der Waals surface area contributed by atoms with E-state index in [-0.39, 0.29) is 23.5 Å². The summed E-state index contributed by atoms with van der Waals surface area (Å²) in [6.07, 6.45) is 0.264. The highest BCUT2D eigenvalue weighted by molar-refractivity contribution is 9.10. The number of thiol groups is 1. The SMILES string of the molecule is CC1(C)C(O)CC1NC(=O)c1ccc(Br)cc1S. The van der Waals surface area contributed by atoms with Crippen molar-refractivity contribution in [3.63, 3.8) is 0 Å². The quantitative estimate of drug-likeness (QED) is 0.730. The Morgan fingerprint density at radius 1 is 1.56 bits per heavy atom. The first-order valence-corrected chi connectivity index (χ1v) is 7.04. The summed E-state index contributed by atoms with van der Waals surface area (Å²) in [5.41, 5.74) is 0.292. The Bertz CT molecular complexity index is 490. The molecule has 0 radical (unpaired) electrons. The van der Waals surface area contributed by atoms with Crippen molar-refractivity contribution in [2.45, 2.75) is 37.3 Å². The monoisotopic (exact) mass is 329 g/mol. The lowest BCUT2D eigenvalue weighted by Gasteiger charge is -2.49. The van der Waals surface area contributed by atoms with Gasteiger partial charge in [-0.15, -0.1) is 12.6 Å². The minimum absolute atomic E-state index is 0.0105. The Morgan fingerprint density at radius 2 is 2.22 bits per heavy atom. The van der Waals surface area contributed by atoms with Crippen LogP contribution in [0.4, 0.5) is 0 Å². The van der Waals surface area contributed by atoms with Crippen LogP contribution in [-0.4, -0.2) is 23.2 Å². The highest BCUT2D eigenvalue weighted by atomic mass is 79.9. The highest BCUT2D eigenvalue weighted by Crippen LogP contribution is 2.40. The average molecular weight is 330 g/mol. The maximum Gasteiger partial charge on any atom is 0.252 e. The largest absolute Gasteiger partial charge is 0.392 e. The van der Waals surface area contributed by atoms with Crippen LogP contribution in [0.2, 0.25) is 0 Å². The van der Waals surface area contributed by atoms with Crippen LogP contribution in [0.1, 0.15) is 30.6 Å². The van der Waals surface area contributed by atoms with E-state index in [0.29, 0.717) is 16.9 Å². The van der Waals surface area contributed by atoms with E-state index in [9.17, 15) is 9.90 Å². The van der Waals surface area contributed by atoms with Crippen molar-refractivity contribution < 1.29 is 9.90 Å². The van der Waals surface area contributed by atoms with Crippen LogP contribution in [0.3, 0.4) is 0 Å². The van der Waals surface area contributed by atoms with Crippen molar-refractivity contribution >= 4 is 34.5 Å². The molecule has 98 valence electrons. The van der Waals surface area contributed by atoms with Crippen LogP contribution < -0.4 is 5.32 Å². The molecule has 5 heteroatoms. The van der Waals surface area contributed by atoms with Gasteiger partial charge < -0.3 is 10.4 Å². The molecule has 3 nitrogen and oxygen atoms in total. The standard InChI is InChI=1S/C13H16BrNO2S/c1-13(2)10(6-11(13)16)15-12(17)8-4-3-7(14)5-9(8)18/h3-5,10-11,16,18H,6H2,1-2H3,(H,15,17). The van der Waals surface area contributed by atoms with Crippen LogP contribution in [-0.2, 0) is 0 Å². The van der Waals surface area contributed by atoms with Crippen LogP contribution in [0, 0.1) is 5.41 Å². The summed E-state index contributed by atoms with van der Waals surface area (Å²) in [6, 6.07) is 5.36. The topological polar surface area (TPSA) is 49.3 Å². The molecule has 18 heavy (non-hydrogen) atoms. The fourth-order valence-electron chi connectivity index (χ4n) is 2.08. The predicted molar refractivity (Wildman–Crippen MR) is 77.1 cm³/mol. The molecule has 2 unspecified atom stereocenters. The number of amides is 1. The van der Waals surface area contributed by atoms with Crippen LogP contribution in [0.25, 0.3) is 0 Å². The Hall–Kier alpha value is -0.520. The van der Waals surface area contributed by atoms with Gasteiger partial charge in [-0.2, -0.15) is 0 Å². The van der Waals surface area contributed by atoms with E-state index in [1.165, 1.54) is 0 Å². The third-order valence-electron chi connectivity index (χ3n) is 3.73. The number of benzene rings is 1. The molecular formula is C13H16BrNO2S. The molecule has 0 bridgehead atoms. The zero-order chi connectivity index (χ0) is 13.5. The number of carbonyl (C=O) groups excluding carboxylic acids is 1. The van der Waals surface area contributed by atoms with Gasteiger partial charge in [0.2, 0.25) is 0 Å². The number of hydrogen-bond donors (Lipinski definition) is 3. The summed E-state index contributed by atoms with van der Waals surface area (Å²) < 4.78 is 0.892. The number of rotatable bonds is 2. The number of hydrogen-bond acceptors (Lipinski definition) is 3. The first kappa shape index (κ1) is 13.9. The van der Waals surface area contributed by atoms with E-state index in [0.717, 1.165) is 4.47 Å². The van der Waals surface area contributed by atoms with E-state index in [4.69, 9.17) is 0 Å². The molecule has 2 rings (SSSR count). The molecule has 2 N–H and O–H groups in total. The van der Waals surface area contributed by atoms with Gasteiger partial charge in [-0.05, 0) is 24.6 Å². The fraction of sp³-hybridized carbons (Fsp3) is 0.462. The maximum absolute atomic E-state index is 12.1.